The van der Waals surface area contributed by atoms with E-state index in [-0.39, 0.29) is 12.5 Å². The number of ether oxygens (including phenoxy) is 4. The summed E-state index contributed by atoms with van der Waals surface area (Å²) in [6, 6.07) is -0.745. The van der Waals surface area contributed by atoms with Gasteiger partial charge in [-0.25, -0.2) is 0 Å². The van der Waals surface area contributed by atoms with Gasteiger partial charge in [0.1, 0.15) is 26.2 Å². The van der Waals surface area contributed by atoms with Crippen LogP contribution in [-0.2, 0) is 23.7 Å². The summed E-state index contributed by atoms with van der Waals surface area (Å²) in [4.78, 5) is 15.2. The maximum absolute atomic E-state index is 12.8. The first-order valence-electron chi connectivity index (χ1n) is 12.2. The van der Waals surface area contributed by atoms with E-state index in [2.05, 4.69) is 15.5 Å². The molecule has 4 atom stereocenters. The fraction of sp³-hybridized carbons (Fsp3) is 0.957. The summed E-state index contributed by atoms with van der Waals surface area (Å²) >= 11 is 0. The fourth-order valence-electron chi connectivity index (χ4n) is 4.52. The molecule has 2 aliphatic heterocycles. The van der Waals surface area contributed by atoms with Crippen molar-refractivity contribution in [2.75, 3.05) is 65.7 Å². The third-order valence-electron chi connectivity index (χ3n) is 6.09. The number of hydrogen-bond acceptors (Lipinski definition) is 8. The van der Waals surface area contributed by atoms with Gasteiger partial charge in [0.15, 0.2) is 0 Å². The number of carbonyl (C=O) groups excluding carboxylic acids is 1. The highest BCUT2D eigenvalue weighted by Gasteiger charge is 2.45. The maximum Gasteiger partial charge on any atom is 0.225 e. The highest BCUT2D eigenvalue weighted by molar-refractivity contribution is 6.11. The van der Waals surface area contributed by atoms with Crippen LogP contribution >= 0.6 is 0 Å². The van der Waals surface area contributed by atoms with Crippen LogP contribution in [0.2, 0.25) is 0 Å². The van der Waals surface area contributed by atoms with E-state index >= 15 is 0 Å². The molecule has 2 rings (SSSR count). The quantitative estimate of drug-likeness (QED) is 0.240. The van der Waals surface area contributed by atoms with Crippen LogP contribution in [-0.4, -0.2) is 119 Å². The number of aliphatic hydroxyl groups excluding tert-OH is 1. The van der Waals surface area contributed by atoms with Crippen molar-refractivity contribution < 1.29 is 28.8 Å². The molecule has 2 aliphatic rings. The summed E-state index contributed by atoms with van der Waals surface area (Å²) in [5.74, 6) is -0.0316. The Bertz CT molecular complexity index is 589. The molecule has 2 radical (unpaired) electrons. The smallest absolute Gasteiger partial charge is 0.225 e. The number of amides is 1. The Labute approximate surface area is 200 Å². The average Bonchev–Trinajstić information content (AvgIpc) is 3.01. The molecule has 0 aromatic rings. The molecule has 0 saturated carbocycles. The van der Waals surface area contributed by atoms with E-state index < -0.39 is 35.3 Å². The first-order valence-corrected chi connectivity index (χ1v) is 12.2. The number of nitrogens with zero attached hydrogens (tertiary/aromatic N) is 1. The second kappa shape index (κ2) is 13.4. The van der Waals surface area contributed by atoms with Gasteiger partial charge in [0.05, 0.1) is 25.4 Å². The molecule has 3 N–H and O–H groups in total. The molecular weight excluding hydrogens is 425 g/mol. The van der Waals surface area contributed by atoms with Crippen LogP contribution in [0.5, 0.6) is 0 Å². The topological polar surface area (TPSA) is 102 Å². The minimum Gasteiger partial charge on any atom is -0.388 e. The fourth-order valence-corrected chi connectivity index (χ4v) is 4.52. The standard InChI is InChI=1S/C23H44BN3O6/c1-6-30-15-17-18(28)19(20(24)32-17)33-23(4,5)16-22(2,3)21(29)26-8-7-25-9-10-27-11-13-31-14-12-27/h17-20,25,28H,6-16H2,1-5H3,(H,26,29)/t17-,18?,19?,20-/m1/s1. The number of aliphatic hydroxyl groups is 1. The SMILES string of the molecule is [B][C@@H]1O[C@H](COCC)C(O)C1OC(C)(C)CC(C)(C)C(=O)NCCNCCN1CCOCC1. The van der Waals surface area contributed by atoms with E-state index in [4.69, 9.17) is 26.8 Å². The summed E-state index contributed by atoms with van der Waals surface area (Å²) in [6.45, 7) is 17.0. The van der Waals surface area contributed by atoms with Gasteiger partial charge in [-0.3, -0.25) is 9.69 Å². The zero-order chi connectivity index (χ0) is 24.5. The summed E-state index contributed by atoms with van der Waals surface area (Å²) in [7, 11) is 6.06. The van der Waals surface area contributed by atoms with E-state index in [0.29, 0.717) is 26.1 Å². The van der Waals surface area contributed by atoms with Gasteiger partial charge in [-0.15, -0.1) is 0 Å². The van der Waals surface area contributed by atoms with Crippen molar-refractivity contribution in [2.24, 2.45) is 5.41 Å². The monoisotopic (exact) mass is 469 g/mol. The van der Waals surface area contributed by atoms with Gasteiger partial charge in [0.2, 0.25) is 5.91 Å². The lowest BCUT2D eigenvalue weighted by Gasteiger charge is -2.37. The van der Waals surface area contributed by atoms with Gasteiger partial charge < -0.3 is 34.7 Å². The predicted molar refractivity (Wildman–Crippen MR) is 127 cm³/mol. The van der Waals surface area contributed by atoms with Crippen molar-refractivity contribution in [1.82, 2.24) is 15.5 Å². The molecule has 0 bridgehead atoms. The summed E-state index contributed by atoms with van der Waals surface area (Å²) in [5, 5.41) is 17.0. The van der Waals surface area contributed by atoms with Gasteiger partial charge in [0.25, 0.3) is 0 Å². The third-order valence-corrected chi connectivity index (χ3v) is 6.09. The van der Waals surface area contributed by atoms with E-state index in [1.165, 1.54) is 0 Å². The predicted octanol–water partition coefficient (Wildman–Crippen LogP) is -0.105. The summed E-state index contributed by atoms with van der Waals surface area (Å²) in [6.07, 6.45) is -1.62. The number of nitrogens with one attached hydrogen (secondary N) is 2. The van der Waals surface area contributed by atoms with Crippen molar-refractivity contribution in [1.29, 1.82) is 0 Å². The Morgan fingerprint density at radius 2 is 1.88 bits per heavy atom. The van der Waals surface area contributed by atoms with Crippen LogP contribution in [0.3, 0.4) is 0 Å². The molecule has 33 heavy (non-hydrogen) atoms. The number of morpholine rings is 1. The van der Waals surface area contributed by atoms with Crippen molar-refractivity contribution in [2.45, 2.75) is 71.0 Å². The van der Waals surface area contributed by atoms with Crippen LogP contribution < -0.4 is 10.6 Å². The first-order chi connectivity index (χ1) is 15.6. The van der Waals surface area contributed by atoms with Gasteiger partial charge in [-0.1, -0.05) is 13.8 Å². The van der Waals surface area contributed by atoms with Gasteiger partial charge >= 0.3 is 0 Å². The molecule has 0 aromatic carbocycles. The highest BCUT2D eigenvalue weighted by Crippen LogP contribution is 2.34. The molecule has 9 nitrogen and oxygen atoms in total. The zero-order valence-corrected chi connectivity index (χ0v) is 21.1. The molecule has 0 spiro atoms. The Balaban J connectivity index is 1.71. The molecule has 2 heterocycles. The lowest BCUT2D eigenvalue weighted by Crippen LogP contribution is -2.48. The maximum atomic E-state index is 12.8. The Kier molecular flexibility index (Phi) is 11.5. The molecule has 0 aliphatic carbocycles. The van der Waals surface area contributed by atoms with Crippen molar-refractivity contribution in [3.8, 4) is 0 Å². The van der Waals surface area contributed by atoms with E-state index in [1.807, 2.05) is 34.6 Å². The highest BCUT2D eigenvalue weighted by atomic mass is 16.6. The second-order valence-corrected chi connectivity index (χ2v) is 10.2. The molecule has 2 fully saturated rings. The Hall–Kier alpha value is -0.745. The average molecular weight is 469 g/mol. The van der Waals surface area contributed by atoms with Crippen LogP contribution in [0.1, 0.15) is 41.0 Å². The minimum absolute atomic E-state index is 0.0316. The summed E-state index contributed by atoms with van der Waals surface area (Å²) in [5.41, 5.74) is -1.35. The van der Waals surface area contributed by atoms with Crippen molar-refractivity contribution in [3.63, 3.8) is 0 Å². The molecule has 1 amide bonds. The first kappa shape index (κ1) is 28.5. The molecule has 0 aromatic heterocycles. The number of carbonyl (C=O) groups is 1. The van der Waals surface area contributed by atoms with Crippen LogP contribution in [0.25, 0.3) is 0 Å². The van der Waals surface area contributed by atoms with Gasteiger partial charge in [-0.2, -0.15) is 0 Å². The second-order valence-electron chi connectivity index (χ2n) is 10.2. The lowest BCUT2D eigenvalue weighted by molar-refractivity contribution is -0.144. The molecule has 2 saturated heterocycles. The molecule has 10 heteroatoms. The molecular formula is C23H44BN3O6. The van der Waals surface area contributed by atoms with E-state index in [0.717, 1.165) is 39.4 Å². The van der Waals surface area contributed by atoms with E-state index in [9.17, 15) is 9.90 Å². The normalized spacial score (nSPS) is 27.1. The van der Waals surface area contributed by atoms with Gasteiger partial charge in [0, 0.05) is 57.3 Å². The van der Waals surface area contributed by atoms with Crippen molar-refractivity contribution in [3.05, 3.63) is 0 Å². The number of hydrogen-bond donors (Lipinski definition) is 3. The van der Waals surface area contributed by atoms with Crippen LogP contribution in [0, 0.1) is 5.41 Å². The zero-order valence-electron chi connectivity index (χ0n) is 21.1. The largest absolute Gasteiger partial charge is 0.388 e. The lowest BCUT2D eigenvalue weighted by atomic mass is 9.80. The molecule has 190 valence electrons. The minimum atomic E-state index is -0.883. The molecule has 2 unspecified atom stereocenters. The number of rotatable bonds is 14. The third kappa shape index (κ3) is 9.43. The van der Waals surface area contributed by atoms with Gasteiger partial charge in [-0.05, 0) is 27.2 Å². The summed E-state index contributed by atoms with van der Waals surface area (Å²) < 4.78 is 22.5. The van der Waals surface area contributed by atoms with Crippen LogP contribution in [0.15, 0.2) is 0 Å². The Morgan fingerprint density at radius 1 is 1.18 bits per heavy atom. The van der Waals surface area contributed by atoms with E-state index in [1.54, 1.807) is 0 Å². The van der Waals surface area contributed by atoms with Crippen molar-refractivity contribution >= 4 is 13.8 Å². The Morgan fingerprint density at radius 3 is 2.55 bits per heavy atom. The van der Waals surface area contributed by atoms with Crippen LogP contribution in [0.4, 0.5) is 0 Å².